The Morgan fingerprint density at radius 3 is 2.65 bits per heavy atom. The van der Waals surface area contributed by atoms with E-state index >= 15 is 0 Å². The molecule has 0 amide bonds. The quantitative estimate of drug-likeness (QED) is 0.765. The highest BCUT2D eigenvalue weighted by Crippen LogP contribution is 2.72. The Labute approximate surface area is 119 Å². The molecule has 3 rings (SSSR count). The summed E-state index contributed by atoms with van der Waals surface area (Å²) in [5.41, 5.74) is 1.40. The number of carbonyl (C=O) groups excluding carboxylic acids is 1. The number of benzene rings is 1. The molecule has 1 aliphatic carbocycles. The van der Waals surface area contributed by atoms with E-state index in [1.54, 1.807) is 13.0 Å². The number of hydrogen-bond acceptors (Lipinski definition) is 4. The molecule has 1 saturated carbocycles. The SMILES string of the molecule is CCOP1(=O)OC(=O)c2ccccc2C12CCCCC2. The lowest BCUT2D eigenvalue weighted by atomic mass is 9.81. The number of hydrogen-bond donors (Lipinski definition) is 0. The maximum atomic E-state index is 13.2. The van der Waals surface area contributed by atoms with E-state index in [1.807, 2.05) is 18.2 Å². The lowest BCUT2D eigenvalue weighted by molar-refractivity contribution is 0.0647. The van der Waals surface area contributed by atoms with E-state index in [0.717, 1.165) is 37.7 Å². The van der Waals surface area contributed by atoms with E-state index < -0.39 is 18.7 Å². The Hall–Kier alpha value is -1.12. The Kier molecular flexibility index (Phi) is 3.47. The zero-order chi connectivity index (χ0) is 14.2. The molecule has 5 heteroatoms. The molecule has 0 saturated heterocycles. The highest BCUT2D eigenvalue weighted by atomic mass is 31.2. The first-order valence-corrected chi connectivity index (χ1v) is 8.75. The molecule has 1 atom stereocenters. The largest absolute Gasteiger partial charge is 0.392 e. The van der Waals surface area contributed by atoms with Gasteiger partial charge in [0.2, 0.25) is 0 Å². The summed E-state index contributed by atoms with van der Waals surface area (Å²) < 4.78 is 24.1. The molecule has 4 nitrogen and oxygen atoms in total. The zero-order valence-electron chi connectivity index (χ0n) is 11.6. The van der Waals surface area contributed by atoms with Gasteiger partial charge in [0.1, 0.15) is 5.16 Å². The lowest BCUT2D eigenvalue weighted by Crippen LogP contribution is -2.37. The molecule has 1 spiro atoms. The summed E-state index contributed by atoms with van der Waals surface area (Å²) in [7, 11) is -3.46. The smallest absolute Gasteiger partial charge is 0.387 e. The van der Waals surface area contributed by atoms with Crippen molar-refractivity contribution in [1.29, 1.82) is 0 Å². The van der Waals surface area contributed by atoms with E-state index in [0.29, 0.717) is 5.56 Å². The average molecular weight is 294 g/mol. The average Bonchev–Trinajstić information content (AvgIpc) is 2.47. The maximum absolute atomic E-state index is 13.2. The van der Waals surface area contributed by atoms with E-state index in [1.165, 1.54) is 0 Å². The molecule has 108 valence electrons. The van der Waals surface area contributed by atoms with Crippen molar-refractivity contribution in [3.05, 3.63) is 35.4 Å². The van der Waals surface area contributed by atoms with E-state index in [2.05, 4.69) is 0 Å². The van der Waals surface area contributed by atoms with Crippen LogP contribution in [0.2, 0.25) is 0 Å². The van der Waals surface area contributed by atoms with Crippen molar-refractivity contribution in [2.45, 2.75) is 44.2 Å². The fourth-order valence-electron chi connectivity index (χ4n) is 3.46. The number of fused-ring (bicyclic) bond motifs is 2. The molecule has 1 heterocycles. The third-order valence-electron chi connectivity index (χ3n) is 4.36. The van der Waals surface area contributed by atoms with Crippen LogP contribution in [0, 0.1) is 0 Å². The molecule has 1 fully saturated rings. The van der Waals surface area contributed by atoms with Crippen molar-refractivity contribution in [1.82, 2.24) is 0 Å². The minimum absolute atomic E-state index is 0.286. The Balaban J connectivity index is 2.20. The molecule has 2 aliphatic rings. The predicted octanol–water partition coefficient (Wildman–Crippen LogP) is 4.25. The van der Waals surface area contributed by atoms with Gasteiger partial charge in [-0.25, -0.2) is 9.36 Å². The van der Waals surface area contributed by atoms with Gasteiger partial charge in [0.05, 0.1) is 12.2 Å². The van der Waals surface area contributed by atoms with Crippen LogP contribution in [0.15, 0.2) is 24.3 Å². The summed E-state index contributed by atoms with van der Waals surface area (Å²) in [4.78, 5) is 12.1. The van der Waals surface area contributed by atoms with Crippen molar-refractivity contribution in [2.75, 3.05) is 6.61 Å². The van der Waals surface area contributed by atoms with Crippen LogP contribution in [-0.2, 0) is 18.8 Å². The summed E-state index contributed by atoms with van der Waals surface area (Å²) in [6.45, 7) is 2.07. The Bertz CT molecular complexity index is 575. The molecule has 0 N–H and O–H groups in total. The minimum atomic E-state index is -3.46. The molecule has 0 aromatic heterocycles. The van der Waals surface area contributed by atoms with Gasteiger partial charge in [0.15, 0.2) is 0 Å². The van der Waals surface area contributed by atoms with Crippen molar-refractivity contribution < 1.29 is 18.4 Å². The highest BCUT2D eigenvalue weighted by Gasteiger charge is 2.58. The summed E-state index contributed by atoms with van der Waals surface area (Å²) in [6, 6.07) is 7.37. The van der Waals surface area contributed by atoms with E-state index in [-0.39, 0.29) is 6.61 Å². The lowest BCUT2D eigenvalue weighted by Gasteiger charge is -2.44. The van der Waals surface area contributed by atoms with E-state index in [4.69, 9.17) is 9.05 Å². The van der Waals surface area contributed by atoms with Crippen LogP contribution in [-0.4, -0.2) is 12.6 Å². The van der Waals surface area contributed by atoms with Crippen molar-refractivity contribution in [3.63, 3.8) is 0 Å². The van der Waals surface area contributed by atoms with Gasteiger partial charge in [-0.1, -0.05) is 37.5 Å². The monoisotopic (exact) mass is 294 g/mol. The third kappa shape index (κ3) is 1.86. The van der Waals surface area contributed by atoms with Gasteiger partial charge in [-0.2, -0.15) is 0 Å². The predicted molar refractivity (Wildman–Crippen MR) is 75.9 cm³/mol. The second-order valence-corrected chi connectivity index (χ2v) is 7.72. The minimum Gasteiger partial charge on any atom is -0.387 e. The van der Waals surface area contributed by atoms with Crippen molar-refractivity contribution >= 4 is 13.6 Å². The second kappa shape index (κ2) is 5.01. The first kappa shape index (κ1) is 13.8. The Morgan fingerprint density at radius 2 is 1.95 bits per heavy atom. The molecule has 0 radical (unpaired) electrons. The van der Waals surface area contributed by atoms with Gasteiger partial charge in [0.25, 0.3) is 0 Å². The molecule has 20 heavy (non-hydrogen) atoms. The molecular formula is C15H19O4P. The molecule has 1 aromatic carbocycles. The molecule has 1 aromatic rings. The fraction of sp³-hybridized carbons (Fsp3) is 0.533. The fourth-order valence-corrected chi connectivity index (χ4v) is 5.94. The van der Waals surface area contributed by atoms with Crippen LogP contribution in [0.3, 0.4) is 0 Å². The van der Waals surface area contributed by atoms with Crippen LogP contribution in [0.25, 0.3) is 0 Å². The van der Waals surface area contributed by atoms with Crippen LogP contribution in [0.5, 0.6) is 0 Å². The zero-order valence-corrected chi connectivity index (χ0v) is 12.5. The molecule has 1 aliphatic heterocycles. The third-order valence-corrected chi connectivity index (χ3v) is 7.10. The van der Waals surface area contributed by atoms with Gasteiger partial charge >= 0.3 is 13.6 Å². The summed E-state index contributed by atoms with van der Waals surface area (Å²) in [5.74, 6) is -0.520. The second-order valence-electron chi connectivity index (χ2n) is 5.43. The van der Waals surface area contributed by atoms with Crippen LogP contribution < -0.4 is 0 Å². The van der Waals surface area contributed by atoms with E-state index in [9.17, 15) is 9.36 Å². The molecular weight excluding hydrogens is 275 g/mol. The molecule has 1 unspecified atom stereocenters. The van der Waals surface area contributed by atoms with Crippen LogP contribution in [0.1, 0.15) is 54.9 Å². The molecule has 0 bridgehead atoms. The summed E-state index contributed by atoms with van der Waals surface area (Å²) >= 11 is 0. The van der Waals surface area contributed by atoms with Crippen LogP contribution in [0.4, 0.5) is 0 Å². The van der Waals surface area contributed by atoms with Crippen molar-refractivity contribution in [3.8, 4) is 0 Å². The Morgan fingerprint density at radius 1 is 1.25 bits per heavy atom. The standard InChI is InChI=1S/C15H19O4P/c1-2-18-20(17)15(10-6-3-7-11-15)13-9-5-4-8-12(13)14(16)19-20/h4-5,8-9H,2-3,6-7,10-11H2,1H3. The first-order valence-electron chi connectivity index (χ1n) is 7.21. The van der Waals surface area contributed by atoms with Gasteiger partial charge in [-0.3, -0.25) is 4.52 Å². The van der Waals surface area contributed by atoms with Gasteiger partial charge in [0, 0.05) is 0 Å². The van der Waals surface area contributed by atoms with Gasteiger partial charge in [-0.15, -0.1) is 0 Å². The first-order chi connectivity index (χ1) is 9.63. The van der Waals surface area contributed by atoms with Gasteiger partial charge < -0.3 is 4.52 Å². The summed E-state index contributed by atoms with van der Waals surface area (Å²) in [6.07, 6.45) is 4.62. The maximum Gasteiger partial charge on any atom is 0.392 e. The van der Waals surface area contributed by atoms with Crippen LogP contribution >= 0.6 is 7.60 Å². The number of rotatable bonds is 2. The van der Waals surface area contributed by atoms with Gasteiger partial charge in [-0.05, 0) is 31.4 Å². The number of carbonyl (C=O) groups is 1. The van der Waals surface area contributed by atoms with Crippen molar-refractivity contribution in [2.24, 2.45) is 0 Å². The highest BCUT2D eigenvalue weighted by molar-refractivity contribution is 7.56. The normalized spacial score (nSPS) is 27.9. The summed E-state index contributed by atoms with van der Waals surface area (Å²) in [5, 5.41) is -0.633. The topological polar surface area (TPSA) is 52.6 Å².